The second-order valence-electron chi connectivity index (χ2n) is 4.64. The average Bonchev–Trinajstić information content (AvgIpc) is 2.97. The van der Waals surface area contributed by atoms with Crippen LogP contribution >= 0.6 is 0 Å². The molecule has 6 heteroatoms. The van der Waals surface area contributed by atoms with Gasteiger partial charge in [0.05, 0.1) is 0 Å². The van der Waals surface area contributed by atoms with Gasteiger partial charge in [0.2, 0.25) is 5.88 Å². The van der Waals surface area contributed by atoms with Gasteiger partial charge in [0, 0.05) is 13.1 Å². The molecule has 0 bridgehead atoms. The van der Waals surface area contributed by atoms with Crippen LogP contribution < -0.4 is 15.4 Å². The van der Waals surface area contributed by atoms with E-state index in [1.54, 1.807) is 12.1 Å². The Morgan fingerprint density at radius 3 is 2.65 bits per heavy atom. The third-order valence-electron chi connectivity index (χ3n) is 3.28. The maximum Gasteiger partial charge on any atom is 0.248 e. The molecule has 2 heterocycles. The minimum atomic E-state index is -0.451. The van der Waals surface area contributed by atoms with E-state index >= 15 is 0 Å². The largest absolute Gasteiger partial charge is 0.434 e. The highest BCUT2D eigenvalue weighted by atomic mass is 19.1. The molecule has 104 valence electrons. The Hall–Kier alpha value is -2.37. The molecular weight excluding hydrogens is 259 g/mol. The number of nitrogens with zero attached hydrogens (tertiary/aromatic N) is 3. The zero-order chi connectivity index (χ0) is 13.9. The standard InChI is InChI=1S/C14H15FN4O/c15-10-5-1-2-6-11(10)20-14-12(16)13(17-9-18-14)19-7-3-4-8-19/h1-2,5-6,9H,3-4,7-8,16H2. The topological polar surface area (TPSA) is 64.3 Å². The number of ether oxygens (including phenoxy) is 1. The summed E-state index contributed by atoms with van der Waals surface area (Å²) in [4.78, 5) is 10.3. The number of benzene rings is 1. The number of rotatable bonds is 3. The highest BCUT2D eigenvalue weighted by Crippen LogP contribution is 2.33. The van der Waals surface area contributed by atoms with E-state index in [4.69, 9.17) is 10.5 Å². The van der Waals surface area contributed by atoms with Gasteiger partial charge in [-0.05, 0) is 25.0 Å². The Kier molecular flexibility index (Phi) is 3.37. The fourth-order valence-electron chi connectivity index (χ4n) is 2.26. The number of aromatic nitrogens is 2. The Morgan fingerprint density at radius 1 is 1.15 bits per heavy atom. The number of hydrogen-bond donors (Lipinski definition) is 1. The van der Waals surface area contributed by atoms with Crippen molar-refractivity contribution in [1.29, 1.82) is 0 Å². The van der Waals surface area contributed by atoms with E-state index in [-0.39, 0.29) is 11.6 Å². The zero-order valence-electron chi connectivity index (χ0n) is 10.9. The molecule has 1 fully saturated rings. The predicted molar refractivity (Wildman–Crippen MR) is 74.4 cm³/mol. The predicted octanol–water partition coefficient (Wildman–Crippen LogP) is 2.59. The van der Waals surface area contributed by atoms with Crippen LogP contribution in [0.2, 0.25) is 0 Å². The van der Waals surface area contributed by atoms with E-state index in [2.05, 4.69) is 14.9 Å². The van der Waals surface area contributed by atoms with Gasteiger partial charge in [-0.25, -0.2) is 9.37 Å². The summed E-state index contributed by atoms with van der Waals surface area (Å²) in [6, 6.07) is 6.15. The lowest BCUT2D eigenvalue weighted by atomic mass is 10.3. The monoisotopic (exact) mass is 274 g/mol. The lowest BCUT2D eigenvalue weighted by Crippen LogP contribution is -2.20. The van der Waals surface area contributed by atoms with Crippen LogP contribution in [0.25, 0.3) is 0 Å². The third-order valence-corrected chi connectivity index (χ3v) is 3.28. The normalized spacial score (nSPS) is 14.6. The fraction of sp³-hybridized carbons (Fsp3) is 0.286. The van der Waals surface area contributed by atoms with Crippen molar-refractivity contribution in [2.45, 2.75) is 12.8 Å². The van der Waals surface area contributed by atoms with Crippen molar-refractivity contribution in [3.05, 3.63) is 36.4 Å². The van der Waals surface area contributed by atoms with Crippen LogP contribution in [0.5, 0.6) is 11.6 Å². The first-order chi connectivity index (χ1) is 9.75. The summed E-state index contributed by atoms with van der Waals surface area (Å²) in [7, 11) is 0. The van der Waals surface area contributed by atoms with Crippen molar-refractivity contribution < 1.29 is 9.13 Å². The van der Waals surface area contributed by atoms with E-state index in [1.807, 2.05) is 0 Å². The van der Waals surface area contributed by atoms with Gasteiger partial charge < -0.3 is 15.4 Å². The molecule has 2 N–H and O–H groups in total. The molecule has 1 aliphatic rings. The lowest BCUT2D eigenvalue weighted by Gasteiger charge is -2.19. The van der Waals surface area contributed by atoms with Gasteiger partial charge in [-0.2, -0.15) is 4.98 Å². The molecule has 1 saturated heterocycles. The van der Waals surface area contributed by atoms with Gasteiger partial charge in [-0.15, -0.1) is 0 Å². The third kappa shape index (κ3) is 2.36. The van der Waals surface area contributed by atoms with Gasteiger partial charge in [-0.1, -0.05) is 12.1 Å². The van der Waals surface area contributed by atoms with E-state index in [0.717, 1.165) is 25.9 Å². The SMILES string of the molecule is Nc1c(Oc2ccccc2F)ncnc1N1CCCC1. The van der Waals surface area contributed by atoms with Crippen molar-refractivity contribution in [2.75, 3.05) is 23.7 Å². The molecule has 2 aromatic rings. The van der Waals surface area contributed by atoms with Crippen LogP contribution in [0.15, 0.2) is 30.6 Å². The van der Waals surface area contributed by atoms with E-state index in [9.17, 15) is 4.39 Å². The summed E-state index contributed by atoms with van der Waals surface area (Å²) >= 11 is 0. The molecule has 0 saturated carbocycles. The van der Waals surface area contributed by atoms with Crippen molar-refractivity contribution in [2.24, 2.45) is 0 Å². The summed E-state index contributed by atoms with van der Waals surface area (Å²) in [5.74, 6) is 0.495. The number of hydrogen-bond acceptors (Lipinski definition) is 5. The molecular formula is C14H15FN4O. The number of para-hydroxylation sites is 1. The Balaban J connectivity index is 1.90. The molecule has 0 atom stereocenters. The Labute approximate surface area is 116 Å². The highest BCUT2D eigenvalue weighted by molar-refractivity contribution is 5.68. The number of halogens is 1. The number of nitrogen functional groups attached to an aromatic ring is 1. The summed E-state index contributed by atoms with van der Waals surface area (Å²) in [6.07, 6.45) is 3.63. The molecule has 1 aliphatic heterocycles. The van der Waals surface area contributed by atoms with Gasteiger partial charge in [-0.3, -0.25) is 0 Å². The lowest BCUT2D eigenvalue weighted by molar-refractivity contribution is 0.428. The first-order valence-electron chi connectivity index (χ1n) is 6.53. The molecule has 3 rings (SSSR count). The molecule has 0 unspecified atom stereocenters. The van der Waals surface area contributed by atoms with Gasteiger partial charge >= 0.3 is 0 Å². The summed E-state index contributed by atoms with van der Waals surface area (Å²) in [5, 5.41) is 0. The molecule has 1 aromatic carbocycles. The van der Waals surface area contributed by atoms with Gasteiger partial charge in [0.15, 0.2) is 17.4 Å². The second-order valence-corrected chi connectivity index (χ2v) is 4.64. The summed E-state index contributed by atoms with van der Waals surface area (Å²) in [5.41, 5.74) is 6.39. The number of anilines is 2. The average molecular weight is 274 g/mol. The minimum absolute atomic E-state index is 0.102. The quantitative estimate of drug-likeness (QED) is 0.932. The molecule has 0 amide bonds. The van der Waals surface area contributed by atoms with Crippen molar-refractivity contribution in [3.8, 4) is 11.6 Å². The minimum Gasteiger partial charge on any atom is -0.434 e. The van der Waals surface area contributed by atoms with E-state index in [1.165, 1.54) is 18.5 Å². The van der Waals surface area contributed by atoms with Crippen molar-refractivity contribution >= 4 is 11.5 Å². The maximum absolute atomic E-state index is 13.6. The molecule has 0 radical (unpaired) electrons. The molecule has 5 nitrogen and oxygen atoms in total. The maximum atomic E-state index is 13.6. The summed E-state index contributed by atoms with van der Waals surface area (Å²) < 4.78 is 19.1. The van der Waals surface area contributed by atoms with Crippen molar-refractivity contribution in [1.82, 2.24) is 9.97 Å². The Morgan fingerprint density at radius 2 is 1.90 bits per heavy atom. The fourth-order valence-corrected chi connectivity index (χ4v) is 2.26. The molecule has 0 spiro atoms. The smallest absolute Gasteiger partial charge is 0.248 e. The molecule has 0 aliphatic carbocycles. The first kappa shape index (κ1) is 12.7. The van der Waals surface area contributed by atoms with Crippen LogP contribution in [0, 0.1) is 5.82 Å². The van der Waals surface area contributed by atoms with E-state index in [0.29, 0.717) is 11.5 Å². The molecule has 1 aromatic heterocycles. The highest BCUT2D eigenvalue weighted by Gasteiger charge is 2.19. The van der Waals surface area contributed by atoms with Crippen LogP contribution in [0.3, 0.4) is 0 Å². The number of nitrogens with two attached hydrogens (primary N) is 1. The second kappa shape index (κ2) is 5.32. The van der Waals surface area contributed by atoms with Crippen LogP contribution in [-0.4, -0.2) is 23.1 Å². The zero-order valence-corrected chi connectivity index (χ0v) is 10.9. The summed E-state index contributed by atoms with van der Waals surface area (Å²) in [6.45, 7) is 1.83. The van der Waals surface area contributed by atoms with Crippen molar-refractivity contribution in [3.63, 3.8) is 0 Å². The van der Waals surface area contributed by atoms with Crippen LogP contribution in [-0.2, 0) is 0 Å². The van der Waals surface area contributed by atoms with Crippen LogP contribution in [0.4, 0.5) is 15.9 Å². The van der Waals surface area contributed by atoms with Gasteiger partial charge in [0.1, 0.15) is 12.0 Å². The van der Waals surface area contributed by atoms with Gasteiger partial charge in [0.25, 0.3) is 0 Å². The van der Waals surface area contributed by atoms with E-state index < -0.39 is 5.82 Å². The first-order valence-corrected chi connectivity index (χ1v) is 6.53. The Bertz CT molecular complexity index is 614. The molecule has 20 heavy (non-hydrogen) atoms. The van der Waals surface area contributed by atoms with Crippen LogP contribution in [0.1, 0.15) is 12.8 Å².